The van der Waals surface area contributed by atoms with Gasteiger partial charge in [0.25, 0.3) is 0 Å². The van der Waals surface area contributed by atoms with Gasteiger partial charge in [-0.2, -0.15) is 0 Å². The van der Waals surface area contributed by atoms with Crippen LogP contribution in [0.1, 0.15) is 30.4 Å². The number of amides is 1. The van der Waals surface area contributed by atoms with E-state index in [0.717, 1.165) is 5.52 Å². The predicted octanol–water partition coefficient (Wildman–Crippen LogP) is 5.79. The Morgan fingerprint density at radius 2 is 1.89 bits per heavy atom. The summed E-state index contributed by atoms with van der Waals surface area (Å²) in [7, 11) is 0. The van der Waals surface area contributed by atoms with E-state index in [2.05, 4.69) is 15.2 Å². The maximum atomic E-state index is 12.4. The van der Waals surface area contributed by atoms with Gasteiger partial charge in [-0.25, -0.2) is 4.98 Å². The molecular formula is C17H14Cl3N5O2. The van der Waals surface area contributed by atoms with Crippen LogP contribution in [0, 0.1) is 0 Å². The highest BCUT2D eigenvalue weighted by Crippen LogP contribution is 2.41. The molecule has 0 spiro atoms. The van der Waals surface area contributed by atoms with E-state index in [4.69, 9.17) is 40.5 Å². The number of nitrogens with two attached hydrogens (primary N) is 1. The van der Waals surface area contributed by atoms with Crippen molar-refractivity contribution >= 4 is 63.0 Å². The number of benzene rings is 1. The van der Waals surface area contributed by atoms with Crippen LogP contribution in [-0.2, 0) is 0 Å². The molecule has 3 rings (SSSR count). The number of rotatable bonds is 3. The van der Waals surface area contributed by atoms with Gasteiger partial charge in [0, 0.05) is 11.4 Å². The number of azo groups is 1. The third-order valence-corrected chi connectivity index (χ3v) is 5.03. The van der Waals surface area contributed by atoms with E-state index in [1.165, 1.54) is 0 Å². The summed E-state index contributed by atoms with van der Waals surface area (Å²) in [6.45, 7) is 3.83. The van der Waals surface area contributed by atoms with E-state index in [0.29, 0.717) is 5.39 Å². The lowest BCUT2D eigenvalue weighted by molar-refractivity contribution is 0.0990. The van der Waals surface area contributed by atoms with Gasteiger partial charge in [-0.1, -0.05) is 53.0 Å². The number of hydrogen-bond acceptors (Lipinski definition) is 5. The van der Waals surface area contributed by atoms with Crippen molar-refractivity contribution in [2.24, 2.45) is 10.2 Å². The number of nitrogen functional groups attached to an aromatic ring is 1. The zero-order chi connectivity index (χ0) is 19.9. The van der Waals surface area contributed by atoms with Gasteiger partial charge in [0.05, 0.1) is 16.2 Å². The summed E-state index contributed by atoms with van der Waals surface area (Å²) >= 11 is 17.7. The first kappa shape index (κ1) is 19.4. The number of halogens is 3. The molecule has 0 saturated heterocycles. The topological polar surface area (TPSA) is 106 Å². The maximum absolute atomic E-state index is 12.4. The molecule has 0 saturated carbocycles. The maximum Gasteiger partial charge on any atom is 0.315 e. The van der Waals surface area contributed by atoms with Crippen LogP contribution in [0.2, 0.25) is 15.2 Å². The average molecular weight is 427 g/mol. The molecule has 0 radical (unpaired) electrons. The van der Waals surface area contributed by atoms with E-state index >= 15 is 0 Å². The second-order valence-electron chi connectivity index (χ2n) is 5.95. The first-order chi connectivity index (χ1) is 12.7. The molecule has 0 unspecified atom stereocenters. The first-order valence-electron chi connectivity index (χ1n) is 7.82. The number of nitrogens with zero attached hydrogens (tertiary/aromatic N) is 4. The van der Waals surface area contributed by atoms with Gasteiger partial charge in [0.15, 0.2) is 16.5 Å². The van der Waals surface area contributed by atoms with Gasteiger partial charge in [-0.15, -0.1) is 10.2 Å². The average Bonchev–Trinajstić information content (AvgIpc) is 2.92. The molecule has 27 heavy (non-hydrogen) atoms. The fraction of sp³-hybridized carbons (Fsp3) is 0.176. The van der Waals surface area contributed by atoms with Crippen LogP contribution < -0.4 is 5.73 Å². The third kappa shape index (κ3) is 3.34. The SMILES string of the molecule is CC(C)n1c(O)c(N=NC(=O)c2nc(Cl)c(Cl)c(N)c2Cl)c2ccccc21. The standard InChI is InChI=1S/C17H14Cl3N5O2/c1-7(2)25-9-6-4-3-5-8(9)13(17(25)27)23-24-16(26)14-10(18)12(21)11(19)15(20)22-14/h3-7,27H,1-2H3,(H2,21,22). The highest BCUT2D eigenvalue weighted by Gasteiger charge is 2.21. The number of aromatic hydroxyl groups is 1. The fourth-order valence-electron chi connectivity index (χ4n) is 2.67. The van der Waals surface area contributed by atoms with Crippen molar-refractivity contribution in [2.45, 2.75) is 19.9 Å². The van der Waals surface area contributed by atoms with Crippen molar-refractivity contribution in [3.8, 4) is 5.88 Å². The molecule has 0 fully saturated rings. The monoisotopic (exact) mass is 425 g/mol. The zero-order valence-corrected chi connectivity index (χ0v) is 16.5. The Labute approximate surface area is 169 Å². The van der Waals surface area contributed by atoms with Crippen molar-refractivity contribution in [2.75, 3.05) is 5.73 Å². The number of fused-ring (bicyclic) bond motifs is 1. The number of pyridine rings is 1. The largest absolute Gasteiger partial charge is 0.493 e. The van der Waals surface area contributed by atoms with E-state index in [-0.39, 0.29) is 44.2 Å². The first-order valence-corrected chi connectivity index (χ1v) is 8.95. The Morgan fingerprint density at radius 3 is 2.56 bits per heavy atom. The van der Waals surface area contributed by atoms with Gasteiger partial charge < -0.3 is 15.4 Å². The molecular weight excluding hydrogens is 413 g/mol. The van der Waals surface area contributed by atoms with Gasteiger partial charge in [0.1, 0.15) is 5.02 Å². The molecule has 0 aliphatic rings. The highest BCUT2D eigenvalue weighted by molar-refractivity contribution is 6.46. The molecule has 0 aliphatic heterocycles. The van der Waals surface area contributed by atoms with Gasteiger partial charge >= 0.3 is 5.91 Å². The highest BCUT2D eigenvalue weighted by atomic mass is 35.5. The van der Waals surface area contributed by atoms with E-state index < -0.39 is 5.91 Å². The molecule has 2 heterocycles. The normalized spacial score (nSPS) is 11.8. The van der Waals surface area contributed by atoms with Gasteiger partial charge in [-0.05, 0) is 19.9 Å². The Balaban J connectivity index is 2.08. The molecule has 0 aliphatic carbocycles. The zero-order valence-electron chi connectivity index (χ0n) is 14.2. The van der Waals surface area contributed by atoms with Crippen molar-refractivity contribution in [3.05, 3.63) is 45.2 Å². The number of aromatic nitrogens is 2. The number of anilines is 1. The summed E-state index contributed by atoms with van der Waals surface area (Å²) in [4.78, 5) is 16.2. The van der Waals surface area contributed by atoms with Crippen LogP contribution in [0.3, 0.4) is 0 Å². The minimum atomic E-state index is -0.869. The Morgan fingerprint density at radius 1 is 1.22 bits per heavy atom. The van der Waals surface area contributed by atoms with Crippen molar-refractivity contribution < 1.29 is 9.90 Å². The number of hydrogen-bond donors (Lipinski definition) is 2. The summed E-state index contributed by atoms with van der Waals surface area (Å²) < 4.78 is 1.69. The molecule has 2 aromatic heterocycles. The van der Waals surface area contributed by atoms with Crippen LogP contribution in [-0.4, -0.2) is 20.6 Å². The van der Waals surface area contributed by atoms with Crippen LogP contribution in [0.25, 0.3) is 10.9 Å². The third-order valence-electron chi connectivity index (χ3n) is 3.89. The van der Waals surface area contributed by atoms with E-state index in [1.54, 1.807) is 16.7 Å². The molecule has 0 atom stereocenters. The van der Waals surface area contributed by atoms with Crippen molar-refractivity contribution in [1.82, 2.24) is 9.55 Å². The fourth-order valence-corrected chi connectivity index (χ4v) is 3.26. The minimum Gasteiger partial charge on any atom is -0.493 e. The molecule has 140 valence electrons. The van der Waals surface area contributed by atoms with Crippen molar-refractivity contribution in [3.63, 3.8) is 0 Å². The van der Waals surface area contributed by atoms with E-state index in [9.17, 15) is 9.90 Å². The lowest BCUT2D eigenvalue weighted by Crippen LogP contribution is -2.03. The molecule has 1 aromatic carbocycles. The second kappa shape index (κ2) is 7.34. The summed E-state index contributed by atoms with van der Waals surface area (Å²) in [5, 5.41) is 18.4. The van der Waals surface area contributed by atoms with Crippen molar-refractivity contribution in [1.29, 1.82) is 0 Å². The van der Waals surface area contributed by atoms with Crippen LogP contribution in [0.15, 0.2) is 34.5 Å². The number of carbonyl (C=O) groups excluding carboxylic acids is 1. The Bertz CT molecular complexity index is 1090. The molecule has 1 amide bonds. The van der Waals surface area contributed by atoms with Crippen LogP contribution >= 0.6 is 34.8 Å². The van der Waals surface area contributed by atoms with E-state index in [1.807, 2.05) is 26.0 Å². The predicted molar refractivity (Wildman–Crippen MR) is 107 cm³/mol. The quantitative estimate of drug-likeness (QED) is 0.408. The molecule has 3 aromatic rings. The second-order valence-corrected chi connectivity index (χ2v) is 7.07. The lowest BCUT2D eigenvalue weighted by atomic mass is 10.2. The molecule has 7 nitrogen and oxygen atoms in total. The number of para-hydroxylation sites is 1. The van der Waals surface area contributed by atoms with Gasteiger partial charge in [0.2, 0.25) is 5.88 Å². The molecule has 0 bridgehead atoms. The minimum absolute atomic E-state index is 0.0273. The summed E-state index contributed by atoms with van der Waals surface area (Å²) in [6, 6.07) is 7.23. The molecule has 3 N–H and O–H groups in total. The smallest absolute Gasteiger partial charge is 0.315 e. The lowest BCUT2D eigenvalue weighted by Gasteiger charge is -2.10. The van der Waals surface area contributed by atoms with Gasteiger partial charge in [-0.3, -0.25) is 4.79 Å². The van der Waals surface area contributed by atoms with Crippen LogP contribution in [0.5, 0.6) is 5.88 Å². The number of carbonyl (C=O) groups is 1. The van der Waals surface area contributed by atoms with Crippen LogP contribution in [0.4, 0.5) is 11.4 Å². The Kier molecular flexibility index (Phi) is 5.28. The Hall–Kier alpha value is -2.35. The summed E-state index contributed by atoms with van der Waals surface area (Å²) in [5.74, 6) is -0.971. The summed E-state index contributed by atoms with van der Waals surface area (Å²) in [5.41, 5.74) is 6.29. The molecule has 10 heteroatoms. The summed E-state index contributed by atoms with van der Waals surface area (Å²) in [6.07, 6.45) is 0.